The fourth-order valence-corrected chi connectivity index (χ4v) is 2.56. The van der Waals surface area contributed by atoms with Crippen LogP contribution in [0.5, 0.6) is 0 Å². The fourth-order valence-electron chi connectivity index (χ4n) is 2.56. The van der Waals surface area contributed by atoms with E-state index >= 15 is 0 Å². The predicted octanol–water partition coefficient (Wildman–Crippen LogP) is 3.72. The second kappa shape index (κ2) is 4.18. The summed E-state index contributed by atoms with van der Waals surface area (Å²) in [5.41, 5.74) is 3.75. The Morgan fingerprint density at radius 1 is 1.47 bits per heavy atom. The molecule has 1 heteroatoms. The normalized spacial score (nSPS) is 19.7. The van der Waals surface area contributed by atoms with Crippen LogP contribution in [0.1, 0.15) is 60.5 Å². The van der Waals surface area contributed by atoms with Crippen molar-refractivity contribution >= 4 is 5.78 Å². The summed E-state index contributed by atoms with van der Waals surface area (Å²) in [5.74, 6) is 0.895. The van der Waals surface area contributed by atoms with Gasteiger partial charge in [-0.15, -0.1) is 0 Å². The van der Waals surface area contributed by atoms with E-state index in [2.05, 4.69) is 19.1 Å². The summed E-state index contributed by atoms with van der Waals surface area (Å²) in [6.07, 6.45) is 4.94. The first-order chi connectivity index (χ1) is 7.22. The lowest BCUT2D eigenvalue weighted by Gasteiger charge is -2.24. The van der Waals surface area contributed by atoms with Gasteiger partial charge < -0.3 is 0 Å². The zero-order valence-corrected chi connectivity index (χ0v) is 9.55. The van der Waals surface area contributed by atoms with Crippen LogP contribution in [0.15, 0.2) is 18.2 Å². The number of rotatable bonds is 2. The Balaban J connectivity index is 2.40. The van der Waals surface area contributed by atoms with Crippen LogP contribution < -0.4 is 0 Å². The molecule has 0 amide bonds. The van der Waals surface area contributed by atoms with Gasteiger partial charge in [-0.1, -0.05) is 19.1 Å². The number of hydrogen-bond acceptors (Lipinski definition) is 1. The average Bonchev–Trinajstić information content (AvgIpc) is 2.27. The Labute approximate surface area is 91.5 Å². The standard InChI is InChI=1S/C14H18O/c1-3-11-5-4-6-13-9-12(10(2)15)7-8-14(11)13/h7-9,11H,3-6H2,1-2H3. The number of hydrogen-bond donors (Lipinski definition) is 0. The van der Waals surface area contributed by atoms with Crippen molar-refractivity contribution in [1.29, 1.82) is 0 Å². The topological polar surface area (TPSA) is 17.1 Å². The van der Waals surface area contributed by atoms with Crippen molar-refractivity contribution in [2.45, 2.75) is 45.4 Å². The highest BCUT2D eigenvalue weighted by atomic mass is 16.1. The minimum absolute atomic E-state index is 0.177. The van der Waals surface area contributed by atoms with Crippen LogP contribution in [0, 0.1) is 0 Å². The average molecular weight is 202 g/mol. The van der Waals surface area contributed by atoms with Crippen LogP contribution in [0.25, 0.3) is 0 Å². The lowest BCUT2D eigenvalue weighted by atomic mass is 9.80. The fraction of sp³-hybridized carbons (Fsp3) is 0.500. The van der Waals surface area contributed by atoms with Crippen LogP contribution in [0.2, 0.25) is 0 Å². The maximum atomic E-state index is 11.3. The van der Waals surface area contributed by atoms with Crippen molar-refractivity contribution in [2.75, 3.05) is 0 Å². The summed E-state index contributed by atoms with van der Waals surface area (Å²) in [6, 6.07) is 6.24. The Kier molecular flexibility index (Phi) is 2.90. The molecule has 1 aromatic rings. The molecule has 1 aromatic carbocycles. The van der Waals surface area contributed by atoms with Crippen molar-refractivity contribution in [3.8, 4) is 0 Å². The quantitative estimate of drug-likeness (QED) is 0.668. The molecule has 15 heavy (non-hydrogen) atoms. The van der Waals surface area contributed by atoms with Crippen molar-refractivity contribution in [3.05, 3.63) is 34.9 Å². The third-order valence-electron chi connectivity index (χ3n) is 3.48. The molecule has 1 nitrogen and oxygen atoms in total. The zero-order valence-electron chi connectivity index (χ0n) is 9.55. The van der Waals surface area contributed by atoms with E-state index in [1.165, 1.54) is 30.4 Å². The van der Waals surface area contributed by atoms with Gasteiger partial charge in [0.2, 0.25) is 0 Å². The van der Waals surface area contributed by atoms with E-state index in [9.17, 15) is 4.79 Å². The number of aryl methyl sites for hydroxylation is 1. The molecule has 0 saturated heterocycles. The maximum Gasteiger partial charge on any atom is 0.159 e. The SMILES string of the molecule is CCC1CCCc2cc(C(C)=O)ccc21. The number of ketones is 1. The van der Waals surface area contributed by atoms with Crippen molar-refractivity contribution < 1.29 is 4.79 Å². The first-order valence-electron chi connectivity index (χ1n) is 5.86. The van der Waals surface area contributed by atoms with Crippen LogP contribution >= 0.6 is 0 Å². The van der Waals surface area contributed by atoms with E-state index in [0.717, 1.165) is 17.9 Å². The Morgan fingerprint density at radius 2 is 2.27 bits per heavy atom. The molecule has 0 saturated carbocycles. The minimum Gasteiger partial charge on any atom is -0.295 e. The summed E-state index contributed by atoms with van der Waals surface area (Å²) >= 11 is 0. The molecule has 0 fully saturated rings. The van der Waals surface area contributed by atoms with E-state index in [1.807, 2.05) is 6.07 Å². The summed E-state index contributed by atoms with van der Waals surface area (Å²) in [7, 11) is 0. The van der Waals surface area contributed by atoms with E-state index < -0.39 is 0 Å². The van der Waals surface area contributed by atoms with Gasteiger partial charge in [-0.25, -0.2) is 0 Å². The Bertz CT molecular complexity index is 379. The number of fused-ring (bicyclic) bond motifs is 1. The molecular weight excluding hydrogens is 184 g/mol. The molecule has 1 aliphatic carbocycles. The number of carbonyl (C=O) groups is 1. The Hall–Kier alpha value is -1.11. The smallest absolute Gasteiger partial charge is 0.159 e. The first-order valence-corrected chi connectivity index (χ1v) is 5.86. The van der Waals surface area contributed by atoms with Gasteiger partial charge in [-0.05, 0) is 55.7 Å². The highest BCUT2D eigenvalue weighted by molar-refractivity contribution is 5.94. The largest absolute Gasteiger partial charge is 0.295 e. The lowest BCUT2D eigenvalue weighted by molar-refractivity contribution is 0.101. The van der Waals surface area contributed by atoms with Crippen molar-refractivity contribution in [2.24, 2.45) is 0 Å². The number of carbonyl (C=O) groups excluding carboxylic acids is 1. The van der Waals surface area contributed by atoms with Gasteiger partial charge >= 0.3 is 0 Å². The predicted molar refractivity (Wildman–Crippen MR) is 62.4 cm³/mol. The molecule has 80 valence electrons. The van der Waals surface area contributed by atoms with Gasteiger partial charge in [-0.2, -0.15) is 0 Å². The molecular formula is C14H18O. The summed E-state index contributed by atoms with van der Waals surface area (Å²) < 4.78 is 0. The molecule has 0 bridgehead atoms. The molecule has 0 aromatic heterocycles. The molecule has 0 aliphatic heterocycles. The molecule has 0 N–H and O–H groups in total. The second-order valence-corrected chi connectivity index (χ2v) is 4.47. The zero-order chi connectivity index (χ0) is 10.8. The summed E-state index contributed by atoms with van der Waals surface area (Å²) in [6.45, 7) is 3.89. The van der Waals surface area contributed by atoms with Crippen LogP contribution in [0.4, 0.5) is 0 Å². The molecule has 0 spiro atoms. The molecule has 1 unspecified atom stereocenters. The second-order valence-electron chi connectivity index (χ2n) is 4.47. The summed E-state index contributed by atoms with van der Waals surface area (Å²) in [4.78, 5) is 11.3. The van der Waals surface area contributed by atoms with Crippen molar-refractivity contribution in [3.63, 3.8) is 0 Å². The number of Topliss-reactive ketones (excluding diaryl/α,β-unsaturated/α-hetero) is 1. The Morgan fingerprint density at radius 3 is 2.93 bits per heavy atom. The van der Waals surface area contributed by atoms with Gasteiger partial charge in [0.15, 0.2) is 5.78 Å². The highest BCUT2D eigenvalue weighted by Gasteiger charge is 2.19. The molecule has 1 atom stereocenters. The third-order valence-corrected chi connectivity index (χ3v) is 3.48. The van der Waals surface area contributed by atoms with Crippen LogP contribution in [-0.4, -0.2) is 5.78 Å². The van der Waals surface area contributed by atoms with E-state index in [4.69, 9.17) is 0 Å². The van der Waals surface area contributed by atoms with E-state index in [-0.39, 0.29) is 5.78 Å². The maximum absolute atomic E-state index is 11.3. The summed E-state index contributed by atoms with van der Waals surface area (Å²) in [5, 5.41) is 0. The minimum atomic E-state index is 0.177. The van der Waals surface area contributed by atoms with E-state index in [1.54, 1.807) is 6.92 Å². The monoisotopic (exact) mass is 202 g/mol. The molecule has 1 aliphatic rings. The van der Waals surface area contributed by atoms with E-state index in [0.29, 0.717) is 0 Å². The molecule has 0 radical (unpaired) electrons. The van der Waals surface area contributed by atoms with Crippen LogP contribution in [0.3, 0.4) is 0 Å². The van der Waals surface area contributed by atoms with Crippen LogP contribution in [-0.2, 0) is 6.42 Å². The third kappa shape index (κ3) is 1.97. The lowest BCUT2D eigenvalue weighted by Crippen LogP contribution is -2.10. The first kappa shape index (κ1) is 10.4. The van der Waals surface area contributed by atoms with Gasteiger partial charge in [0, 0.05) is 5.56 Å². The van der Waals surface area contributed by atoms with Gasteiger partial charge in [0.1, 0.15) is 0 Å². The number of benzene rings is 1. The molecule has 0 heterocycles. The highest BCUT2D eigenvalue weighted by Crippen LogP contribution is 2.34. The van der Waals surface area contributed by atoms with Gasteiger partial charge in [0.05, 0.1) is 0 Å². The van der Waals surface area contributed by atoms with Gasteiger partial charge in [0.25, 0.3) is 0 Å². The molecule has 2 rings (SSSR count). The van der Waals surface area contributed by atoms with Crippen molar-refractivity contribution in [1.82, 2.24) is 0 Å². The van der Waals surface area contributed by atoms with Gasteiger partial charge in [-0.3, -0.25) is 4.79 Å².